The SMILES string of the molecule is N#Cc1c(N)sc2c1CCN(CC(=O)N1CCCC1)C2. The highest BCUT2D eigenvalue weighted by atomic mass is 32.1. The molecule has 2 aliphatic heterocycles. The molecule has 106 valence electrons. The van der Waals surface area contributed by atoms with Crippen molar-refractivity contribution < 1.29 is 4.79 Å². The Morgan fingerprint density at radius 2 is 2.10 bits per heavy atom. The summed E-state index contributed by atoms with van der Waals surface area (Å²) in [5.74, 6) is 0.232. The molecule has 2 N–H and O–H groups in total. The van der Waals surface area contributed by atoms with Crippen LogP contribution in [0.3, 0.4) is 0 Å². The van der Waals surface area contributed by atoms with Crippen LogP contribution in [0.2, 0.25) is 0 Å². The lowest BCUT2D eigenvalue weighted by Crippen LogP contribution is -2.40. The van der Waals surface area contributed by atoms with E-state index in [0.29, 0.717) is 17.1 Å². The Bertz CT molecular complexity index is 568. The van der Waals surface area contributed by atoms with Gasteiger partial charge in [0.05, 0.1) is 12.1 Å². The maximum Gasteiger partial charge on any atom is 0.236 e. The van der Waals surface area contributed by atoms with E-state index in [1.54, 1.807) is 0 Å². The molecule has 20 heavy (non-hydrogen) atoms. The van der Waals surface area contributed by atoms with Crippen molar-refractivity contribution in [2.24, 2.45) is 0 Å². The molecule has 1 amide bonds. The number of carbonyl (C=O) groups is 1. The van der Waals surface area contributed by atoms with E-state index in [2.05, 4.69) is 11.0 Å². The fourth-order valence-electron chi connectivity index (χ4n) is 2.99. The number of nitrogens with zero attached hydrogens (tertiary/aromatic N) is 3. The van der Waals surface area contributed by atoms with Crippen LogP contribution in [0.5, 0.6) is 0 Å². The van der Waals surface area contributed by atoms with E-state index in [4.69, 9.17) is 11.0 Å². The summed E-state index contributed by atoms with van der Waals surface area (Å²) in [5, 5.41) is 9.74. The fraction of sp³-hybridized carbons (Fsp3) is 0.571. The van der Waals surface area contributed by atoms with Gasteiger partial charge in [0, 0.05) is 31.1 Å². The van der Waals surface area contributed by atoms with Crippen LogP contribution in [0.4, 0.5) is 5.00 Å². The highest BCUT2D eigenvalue weighted by molar-refractivity contribution is 7.16. The summed E-state index contributed by atoms with van der Waals surface area (Å²) in [4.78, 5) is 17.4. The van der Waals surface area contributed by atoms with Gasteiger partial charge in [-0.1, -0.05) is 0 Å². The normalized spacial score (nSPS) is 18.9. The lowest BCUT2D eigenvalue weighted by molar-refractivity contribution is -0.131. The van der Waals surface area contributed by atoms with Gasteiger partial charge in [0.15, 0.2) is 0 Å². The van der Waals surface area contributed by atoms with Crippen LogP contribution in [0.25, 0.3) is 0 Å². The number of fused-ring (bicyclic) bond motifs is 1. The molecule has 5 nitrogen and oxygen atoms in total. The Kier molecular flexibility index (Phi) is 3.64. The van der Waals surface area contributed by atoms with Gasteiger partial charge in [0.25, 0.3) is 0 Å². The lowest BCUT2D eigenvalue weighted by atomic mass is 10.0. The predicted molar refractivity (Wildman–Crippen MR) is 78.2 cm³/mol. The van der Waals surface area contributed by atoms with Crippen LogP contribution in [-0.2, 0) is 17.8 Å². The standard InChI is InChI=1S/C14H18N4OS/c15-7-11-10-3-6-17(8-12(10)20-14(11)16)9-13(19)18-4-1-2-5-18/h1-6,8-9,16H2. The molecule has 2 aliphatic rings. The smallest absolute Gasteiger partial charge is 0.236 e. The first kappa shape index (κ1) is 13.4. The molecule has 3 rings (SSSR count). The van der Waals surface area contributed by atoms with E-state index >= 15 is 0 Å². The number of likely N-dealkylation sites (tertiary alicyclic amines) is 1. The van der Waals surface area contributed by atoms with E-state index in [-0.39, 0.29) is 5.91 Å². The van der Waals surface area contributed by atoms with E-state index in [1.165, 1.54) is 11.3 Å². The molecule has 0 bridgehead atoms. The summed E-state index contributed by atoms with van der Waals surface area (Å²) < 4.78 is 0. The van der Waals surface area contributed by atoms with Crippen LogP contribution < -0.4 is 5.73 Å². The minimum atomic E-state index is 0.232. The van der Waals surface area contributed by atoms with E-state index in [9.17, 15) is 4.79 Å². The zero-order valence-electron chi connectivity index (χ0n) is 11.4. The second-order valence-electron chi connectivity index (χ2n) is 5.40. The number of carbonyl (C=O) groups excluding carboxylic acids is 1. The second kappa shape index (κ2) is 5.43. The predicted octanol–water partition coefficient (Wildman–Crippen LogP) is 1.18. The number of hydrogen-bond acceptors (Lipinski definition) is 5. The van der Waals surface area contributed by atoms with Gasteiger partial charge < -0.3 is 10.6 Å². The van der Waals surface area contributed by atoms with Gasteiger partial charge in [-0.05, 0) is 24.8 Å². The van der Waals surface area contributed by atoms with E-state index < -0.39 is 0 Å². The van der Waals surface area contributed by atoms with Crippen LogP contribution in [0.15, 0.2) is 0 Å². The Balaban J connectivity index is 1.67. The number of thiophene rings is 1. The van der Waals surface area contributed by atoms with Crippen molar-refractivity contribution in [2.45, 2.75) is 25.8 Å². The Morgan fingerprint density at radius 3 is 2.80 bits per heavy atom. The largest absolute Gasteiger partial charge is 0.389 e. The average molecular weight is 290 g/mol. The summed E-state index contributed by atoms with van der Waals surface area (Å²) >= 11 is 1.49. The Labute approximate surface area is 122 Å². The topological polar surface area (TPSA) is 73.4 Å². The number of anilines is 1. The number of nitriles is 1. The monoisotopic (exact) mass is 290 g/mol. The van der Waals surface area contributed by atoms with Crippen LogP contribution in [0, 0.1) is 11.3 Å². The zero-order valence-corrected chi connectivity index (χ0v) is 12.2. The first-order valence-electron chi connectivity index (χ1n) is 6.99. The van der Waals surface area contributed by atoms with Gasteiger partial charge >= 0.3 is 0 Å². The Hall–Kier alpha value is -1.58. The number of rotatable bonds is 2. The molecule has 0 unspecified atom stereocenters. The molecule has 0 aliphatic carbocycles. The number of hydrogen-bond donors (Lipinski definition) is 1. The molecule has 6 heteroatoms. The molecular weight excluding hydrogens is 272 g/mol. The molecule has 1 saturated heterocycles. The van der Waals surface area contributed by atoms with Crippen molar-refractivity contribution in [3.63, 3.8) is 0 Å². The summed E-state index contributed by atoms with van der Waals surface area (Å²) in [5.41, 5.74) is 7.63. The molecule has 0 radical (unpaired) electrons. The maximum atomic E-state index is 12.2. The van der Waals surface area contributed by atoms with Gasteiger partial charge in [-0.3, -0.25) is 9.69 Å². The highest BCUT2D eigenvalue weighted by Crippen LogP contribution is 2.34. The minimum absolute atomic E-state index is 0.232. The Morgan fingerprint density at radius 1 is 1.35 bits per heavy atom. The van der Waals surface area contributed by atoms with Gasteiger partial charge in [-0.15, -0.1) is 11.3 Å². The minimum Gasteiger partial charge on any atom is -0.389 e. The van der Waals surface area contributed by atoms with Crippen molar-refractivity contribution in [3.05, 3.63) is 16.0 Å². The summed E-state index contributed by atoms with van der Waals surface area (Å²) in [6.45, 7) is 3.87. The first-order valence-corrected chi connectivity index (χ1v) is 7.81. The van der Waals surface area contributed by atoms with E-state index in [0.717, 1.165) is 55.9 Å². The van der Waals surface area contributed by atoms with Crippen molar-refractivity contribution in [2.75, 3.05) is 31.9 Å². The van der Waals surface area contributed by atoms with Gasteiger partial charge in [0.2, 0.25) is 5.91 Å². The van der Waals surface area contributed by atoms with E-state index in [1.807, 2.05) is 4.90 Å². The first-order chi connectivity index (χ1) is 9.69. The van der Waals surface area contributed by atoms with Gasteiger partial charge in [-0.25, -0.2) is 0 Å². The molecule has 1 aromatic heterocycles. The molecule has 0 spiro atoms. The molecule has 1 aromatic rings. The van der Waals surface area contributed by atoms with Gasteiger partial charge in [0.1, 0.15) is 11.1 Å². The molecular formula is C14H18N4OS. The van der Waals surface area contributed by atoms with Crippen LogP contribution >= 0.6 is 11.3 Å². The average Bonchev–Trinajstić information content (AvgIpc) is 3.04. The number of amides is 1. The van der Waals surface area contributed by atoms with Crippen molar-refractivity contribution in [1.29, 1.82) is 5.26 Å². The summed E-state index contributed by atoms with van der Waals surface area (Å²) in [7, 11) is 0. The third-order valence-corrected chi connectivity index (χ3v) is 5.14. The number of nitrogens with two attached hydrogens (primary N) is 1. The fourth-order valence-corrected chi connectivity index (χ4v) is 4.10. The molecule has 3 heterocycles. The molecule has 0 aromatic carbocycles. The zero-order chi connectivity index (χ0) is 14.1. The molecule has 1 fully saturated rings. The highest BCUT2D eigenvalue weighted by Gasteiger charge is 2.26. The number of nitrogen functional groups attached to an aromatic ring is 1. The second-order valence-corrected chi connectivity index (χ2v) is 6.54. The van der Waals surface area contributed by atoms with Crippen molar-refractivity contribution >= 4 is 22.2 Å². The van der Waals surface area contributed by atoms with Crippen molar-refractivity contribution in [3.8, 4) is 6.07 Å². The molecule has 0 atom stereocenters. The van der Waals surface area contributed by atoms with Crippen LogP contribution in [0.1, 0.15) is 28.8 Å². The summed E-state index contributed by atoms with van der Waals surface area (Å²) in [6, 6.07) is 2.20. The van der Waals surface area contributed by atoms with Crippen LogP contribution in [-0.4, -0.2) is 41.9 Å². The van der Waals surface area contributed by atoms with Crippen molar-refractivity contribution in [1.82, 2.24) is 9.80 Å². The lowest BCUT2D eigenvalue weighted by Gasteiger charge is -2.28. The van der Waals surface area contributed by atoms with Gasteiger partial charge in [-0.2, -0.15) is 5.26 Å². The maximum absolute atomic E-state index is 12.2. The quantitative estimate of drug-likeness (QED) is 0.887. The third kappa shape index (κ3) is 2.39. The summed E-state index contributed by atoms with van der Waals surface area (Å²) in [6.07, 6.45) is 3.07. The molecule has 0 saturated carbocycles. The third-order valence-electron chi connectivity index (χ3n) is 4.09.